The number of nitrogens with zero attached hydrogens (tertiary/aromatic N) is 3. The van der Waals surface area contributed by atoms with Gasteiger partial charge in [-0.3, -0.25) is 4.79 Å². The lowest BCUT2D eigenvalue weighted by Crippen LogP contribution is -2.46. The van der Waals surface area contributed by atoms with Crippen LogP contribution >= 0.6 is 0 Å². The molecule has 1 aromatic rings. The van der Waals surface area contributed by atoms with Gasteiger partial charge in [0.25, 0.3) is 0 Å². The van der Waals surface area contributed by atoms with Gasteiger partial charge in [0, 0.05) is 13.6 Å². The van der Waals surface area contributed by atoms with Gasteiger partial charge in [0.2, 0.25) is 5.91 Å². The Hall–Kier alpha value is -2.06. The number of fused-ring (bicyclic) bond motifs is 1. The summed E-state index contributed by atoms with van der Waals surface area (Å²) in [5.41, 5.74) is 8.04. The van der Waals surface area contributed by atoms with Gasteiger partial charge in [0.15, 0.2) is 0 Å². The van der Waals surface area contributed by atoms with Gasteiger partial charge in [-0.1, -0.05) is 6.92 Å². The zero-order chi connectivity index (χ0) is 14.0. The number of amides is 1. The van der Waals surface area contributed by atoms with E-state index in [1.54, 1.807) is 18.0 Å². The predicted molar refractivity (Wildman–Crippen MR) is 75.0 cm³/mol. The van der Waals surface area contributed by atoms with E-state index in [9.17, 15) is 4.79 Å². The van der Waals surface area contributed by atoms with Crippen LogP contribution in [0.3, 0.4) is 0 Å². The van der Waals surface area contributed by atoms with Crippen molar-refractivity contribution >= 4 is 17.3 Å². The van der Waals surface area contributed by atoms with Crippen molar-refractivity contribution in [3.05, 3.63) is 23.8 Å². The molecule has 2 N–H and O–H groups in total. The molecule has 1 aliphatic rings. The van der Waals surface area contributed by atoms with Gasteiger partial charge < -0.3 is 15.5 Å². The number of carbonyl (C=O) groups excluding carboxylic acids is 1. The normalized spacial score (nSPS) is 16.0. The Bertz CT molecular complexity index is 535. The summed E-state index contributed by atoms with van der Waals surface area (Å²) in [6.45, 7) is 3.69. The molecule has 0 aliphatic carbocycles. The van der Waals surface area contributed by atoms with Gasteiger partial charge in [-0.15, -0.1) is 0 Å². The van der Waals surface area contributed by atoms with Crippen LogP contribution < -0.4 is 15.5 Å². The minimum Gasteiger partial charge on any atom is -0.360 e. The van der Waals surface area contributed by atoms with Gasteiger partial charge >= 0.3 is 0 Å². The van der Waals surface area contributed by atoms with Crippen molar-refractivity contribution in [3.8, 4) is 6.07 Å². The van der Waals surface area contributed by atoms with Gasteiger partial charge in [0.1, 0.15) is 0 Å². The van der Waals surface area contributed by atoms with Crippen molar-refractivity contribution in [2.24, 2.45) is 11.7 Å². The Morgan fingerprint density at radius 2 is 2.21 bits per heavy atom. The SMILES string of the molecule is CC(CN)CN1CC(=O)N(C)c2ccc(C#N)cc21. The molecule has 5 nitrogen and oxygen atoms in total. The van der Waals surface area contributed by atoms with Gasteiger partial charge in [-0.25, -0.2) is 0 Å². The lowest BCUT2D eigenvalue weighted by atomic mass is 10.1. The first-order valence-electron chi connectivity index (χ1n) is 6.32. The van der Waals surface area contributed by atoms with E-state index in [0.29, 0.717) is 24.6 Å². The van der Waals surface area contributed by atoms with Crippen molar-refractivity contribution in [2.75, 3.05) is 36.5 Å². The molecule has 1 aromatic carbocycles. The number of anilines is 2. The van der Waals surface area contributed by atoms with E-state index >= 15 is 0 Å². The van der Waals surface area contributed by atoms with Crippen molar-refractivity contribution in [3.63, 3.8) is 0 Å². The molecule has 0 spiro atoms. The van der Waals surface area contributed by atoms with Gasteiger partial charge in [-0.05, 0) is 30.7 Å². The highest BCUT2D eigenvalue weighted by atomic mass is 16.2. The molecule has 1 aliphatic heterocycles. The molecule has 2 rings (SSSR count). The molecule has 19 heavy (non-hydrogen) atoms. The quantitative estimate of drug-likeness (QED) is 0.875. The summed E-state index contributed by atoms with van der Waals surface area (Å²) in [7, 11) is 1.76. The number of likely N-dealkylation sites (N-methyl/N-ethyl adjacent to an activating group) is 1. The summed E-state index contributed by atoms with van der Waals surface area (Å²) >= 11 is 0. The maximum atomic E-state index is 12.0. The molecular formula is C14H18N4O. The van der Waals surface area contributed by atoms with Crippen molar-refractivity contribution < 1.29 is 4.79 Å². The molecule has 0 fully saturated rings. The summed E-state index contributed by atoms with van der Waals surface area (Å²) < 4.78 is 0. The summed E-state index contributed by atoms with van der Waals surface area (Å²) in [6.07, 6.45) is 0. The number of nitrogens with two attached hydrogens (primary N) is 1. The maximum absolute atomic E-state index is 12.0. The van der Waals surface area contributed by atoms with Crippen molar-refractivity contribution in [2.45, 2.75) is 6.92 Å². The molecule has 0 saturated heterocycles. The van der Waals surface area contributed by atoms with E-state index < -0.39 is 0 Å². The lowest BCUT2D eigenvalue weighted by Gasteiger charge is -2.36. The number of benzene rings is 1. The van der Waals surface area contributed by atoms with Gasteiger partial charge in [-0.2, -0.15) is 5.26 Å². The van der Waals surface area contributed by atoms with Crippen LogP contribution in [0.5, 0.6) is 0 Å². The first-order valence-corrected chi connectivity index (χ1v) is 6.32. The number of carbonyl (C=O) groups is 1. The smallest absolute Gasteiger partial charge is 0.246 e. The zero-order valence-electron chi connectivity index (χ0n) is 11.3. The monoisotopic (exact) mass is 258 g/mol. The first kappa shape index (κ1) is 13.4. The Balaban J connectivity index is 2.41. The molecular weight excluding hydrogens is 240 g/mol. The van der Waals surface area contributed by atoms with Crippen LogP contribution in [0.1, 0.15) is 12.5 Å². The topological polar surface area (TPSA) is 73.4 Å². The Kier molecular flexibility index (Phi) is 3.72. The molecule has 0 radical (unpaired) electrons. The molecule has 5 heteroatoms. The van der Waals surface area contributed by atoms with E-state index in [-0.39, 0.29) is 5.91 Å². The molecule has 1 unspecified atom stereocenters. The highest BCUT2D eigenvalue weighted by Gasteiger charge is 2.27. The largest absolute Gasteiger partial charge is 0.360 e. The average molecular weight is 258 g/mol. The fraction of sp³-hybridized carbons (Fsp3) is 0.429. The van der Waals surface area contributed by atoms with Crippen LogP contribution in [0, 0.1) is 17.2 Å². The lowest BCUT2D eigenvalue weighted by molar-refractivity contribution is -0.117. The highest BCUT2D eigenvalue weighted by Crippen LogP contribution is 2.33. The Labute approximate surface area is 113 Å². The molecule has 0 bridgehead atoms. The van der Waals surface area contributed by atoms with Crippen molar-refractivity contribution in [1.82, 2.24) is 0 Å². The standard InChI is InChI=1S/C14H18N4O/c1-10(6-15)8-18-9-14(19)17(2)12-4-3-11(7-16)5-13(12)18/h3-5,10H,6,8-9,15H2,1-2H3. The molecule has 1 atom stereocenters. The second kappa shape index (κ2) is 5.29. The molecule has 1 heterocycles. The number of nitriles is 1. The number of rotatable bonds is 3. The van der Waals surface area contributed by atoms with E-state index in [1.807, 2.05) is 17.0 Å². The minimum absolute atomic E-state index is 0.0569. The first-order chi connectivity index (χ1) is 9.06. The predicted octanol–water partition coefficient (Wildman–Crippen LogP) is 0.936. The minimum atomic E-state index is 0.0569. The Morgan fingerprint density at radius 3 is 2.84 bits per heavy atom. The summed E-state index contributed by atoms with van der Waals surface area (Å²) in [5, 5.41) is 9.00. The fourth-order valence-corrected chi connectivity index (χ4v) is 2.23. The second-order valence-electron chi connectivity index (χ2n) is 4.99. The highest BCUT2D eigenvalue weighted by molar-refractivity contribution is 6.02. The van der Waals surface area contributed by atoms with Crippen LogP contribution in [0.2, 0.25) is 0 Å². The van der Waals surface area contributed by atoms with E-state index in [4.69, 9.17) is 11.0 Å². The number of hydrogen-bond acceptors (Lipinski definition) is 4. The molecule has 0 aromatic heterocycles. The van der Waals surface area contributed by atoms with Crippen molar-refractivity contribution in [1.29, 1.82) is 5.26 Å². The zero-order valence-corrected chi connectivity index (χ0v) is 11.3. The fourth-order valence-electron chi connectivity index (χ4n) is 2.23. The van der Waals surface area contributed by atoms with E-state index in [0.717, 1.165) is 17.9 Å². The Morgan fingerprint density at radius 1 is 1.47 bits per heavy atom. The van der Waals surface area contributed by atoms with E-state index in [1.165, 1.54) is 0 Å². The van der Waals surface area contributed by atoms with Crippen LogP contribution in [0.25, 0.3) is 0 Å². The molecule has 100 valence electrons. The summed E-state index contributed by atoms with van der Waals surface area (Å²) in [4.78, 5) is 15.6. The average Bonchev–Trinajstić information content (AvgIpc) is 2.43. The summed E-state index contributed by atoms with van der Waals surface area (Å²) in [5.74, 6) is 0.358. The van der Waals surface area contributed by atoms with Crippen LogP contribution in [-0.2, 0) is 4.79 Å². The third kappa shape index (κ3) is 2.54. The van der Waals surface area contributed by atoms with Gasteiger partial charge in [0.05, 0.1) is 29.6 Å². The van der Waals surface area contributed by atoms with E-state index in [2.05, 4.69) is 13.0 Å². The third-order valence-electron chi connectivity index (χ3n) is 3.44. The maximum Gasteiger partial charge on any atom is 0.246 e. The second-order valence-corrected chi connectivity index (χ2v) is 4.99. The van der Waals surface area contributed by atoms with Crippen LogP contribution in [-0.4, -0.2) is 32.6 Å². The summed E-state index contributed by atoms with van der Waals surface area (Å²) in [6, 6.07) is 7.53. The molecule has 0 saturated carbocycles. The van der Waals surface area contributed by atoms with Crippen LogP contribution in [0.4, 0.5) is 11.4 Å². The van der Waals surface area contributed by atoms with Crippen LogP contribution in [0.15, 0.2) is 18.2 Å². The number of hydrogen-bond donors (Lipinski definition) is 1. The third-order valence-corrected chi connectivity index (χ3v) is 3.44. The molecule has 1 amide bonds.